The fourth-order valence-electron chi connectivity index (χ4n) is 1.01. The Morgan fingerprint density at radius 2 is 2.50 bits per heavy atom. The number of aromatic nitrogens is 4. The van der Waals surface area contributed by atoms with Gasteiger partial charge in [-0.25, -0.2) is 0 Å². The molecule has 0 aliphatic rings. The minimum Gasteiger partial charge on any atom is -0.428 e. The Bertz CT molecular complexity index is 351. The molecule has 5 heteroatoms. The molecule has 0 bridgehead atoms. The summed E-state index contributed by atoms with van der Waals surface area (Å²) in [6, 6.07) is 0. The minimum atomic E-state index is 0.614. The van der Waals surface area contributed by atoms with E-state index in [2.05, 4.69) is 15.3 Å². The maximum absolute atomic E-state index is 4.99. The maximum Gasteiger partial charge on any atom is 0.220 e. The second-order valence-corrected chi connectivity index (χ2v) is 2.53. The second kappa shape index (κ2) is 2.77. The standard InChI is InChI=1S/C7H8N4O/c1-11-4-6(3-9-11)2-7-10-8-5-12-7/h3-5H,2H2,1H3. The molecular weight excluding hydrogens is 156 g/mol. The summed E-state index contributed by atoms with van der Waals surface area (Å²) in [5, 5.41) is 11.4. The van der Waals surface area contributed by atoms with Gasteiger partial charge in [0.25, 0.3) is 0 Å². The Balaban J connectivity index is 2.14. The lowest BCUT2D eigenvalue weighted by Gasteiger charge is -1.87. The van der Waals surface area contributed by atoms with E-state index in [1.54, 1.807) is 10.9 Å². The summed E-state index contributed by atoms with van der Waals surface area (Å²) in [5.41, 5.74) is 1.07. The molecule has 0 amide bonds. The summed E-state index contributed by atoms with van der Waals surface area (Å²) in [7, 11) is 1.87. The molecule has 0 saturated carbocycles. The molecule has 0 unspecified atom stereocenters. The van der Waals surface area contributed by atoms with Crippen molar-refractivity contribution in [2.75, 3.05) is 0 Å². The van der Waals surface area contributed by atoms with Crippen LogP contribution in [0, 0.1) is 0 Å². The number of aryl methyl sites for hydroxylation is 1. The average Bonchev–Trinajstić information content (AvgIpc) is 2.63. The molecule has 0 saturated heterocycles. The highest BCUT2D eigenvalue weighted by molar-refractivity contribution is 5.08. The molecule has 62 valence electrons. The number of rotatable bonds is 2. The fourth-order valence-corrected chi connectivity index (χ4v) is 1.01. The first kappa shape index (κ1) is 7.02. The van der Waals surface area contributed by atoms with Crippen LogP contribution in [-0.4, -0.2) is 20.0 Å². The first-order valence-electron chi connectivity index (χ1n) is 3.57. The zero-order valence-corrected chi connectivity index (χ0v) is 6.64. The van der Waals surface area contributed by atoms with Crippen LogP contribution in [0.25, 0.3) is 0 Å². The van der Waals surface area contributed by atoms with Crippen LogP contribution in [0.1, 0.15) is 11.5 Å². The van der Waals surface area contributed by atoms with Crippen molar-refractivity contribution < 1.29 is 4.42 Å². The summed E-state index contributed by atoms with van der Waals surface area (Å²) in [6.07, 6.45) is 5.67. The van der Waals surface area contributed by atoms with Gasteiger partial charge in [0.05, 0.1) is 12.6 Å². The molecule has 0 N–H and O–H groups in total. The van der Waals surface area contributed by atoms with E-state index in [0.29, 0.717) is 12.3 Å². The van der Waals surface area contributed by atoms with E-state index in [-0.39, 0.29) is 0 Å². The van der Waals surface area contributed by atoms with Crippen molar-refractivity contribution in [3.05, 3.63) is 30.2 Å². The minimum absolute atomic E-state index is 0.614. The monoisotopic (exact) mass is 164 g/mol. The zero-order valence-electron chi connectivity index (χ0n) is 6.64. The summed E-state index contributed by atoms with van der Waals surface area (Å²) in [6.45, 7) is 0. The molecular formula is C7H8N4O. The summed E-state index contributed by atoms with van der Waals surface area (Å²) < 4.78 is 6.73. The highest BCUT2D eigenvalue weighted by Gasteiger charge is 2.02. The normalized spacial score (nSPS) is 10.4. The van der Waals surface area contributed by atoms with Gasteiger partial charge in [0.1, 0.15) is 0 Å². The van der Waals surface area contributed by atoms with Gasteiger partial charge in [-0.1, -0.05) is 0 Å². The molecule has 0 fully saturated rings. The van der Waals surface area contributed by atoms with Crippen LogP contribution in [-0.2, 0) is 13.5 Å². The van der Waals surface area contributed by atoms with Crippen molar-refractivity contribution in [2.45, 2.75) is 6.42 Å². The SMILES string of the molecule is Cn1cc(Cc2nnco2)cn1. The van der Waals surface area contributed by atoms with Crippen molar-refractivity contribution in [3.8, 4) is 0 Å². The predicted molar refractivity (Wildman–Crippen MR) is 40.3 cm³/mol. The van der Waals surface area contributed by atoms with Crippen molar-refractivity contribution in [1.29, 1.82) is 0 Å². The lowest BCUT2D eigenvalue weighted by molar-refractivity contribution is 0.505. The Morgan fingerprint density at radius 3 is 3.08 bits per heavy atom. The van der Waals surface area contributed by atoms with E-state index >= 15 is 0 Å². The fraction of sp³-hybridized carbons (Fsp3) is 0.286. The van der Waals surface area contributed by atoms with Crippen molar-refractivity contribution in [3.63, 3.8) is 0 Å². The predicted octanol–water partition coefficient (Wildman–Crippen LogP) is 0.394. The van der Waals surface area contributed by atoms with Crippen molar-refractivity contribution >= 4 is 0 Å². The molecule has 2 heterocycles. The number of hydrogen-bond acceptors (Lipinski definition) is 4. The van der Waals surface area contributed by atoms with Crippen molar-refractivity contribution in [1.82, 2.24) is 20.0 Å². The van der Waals surface area contributed by atoms with E-state index in [0.717, 1.165) is 5.56 Å². The molecule has 0 radical (unpaired) electrons. The Morgan fingerprint density at radius 1 is 1.58 bits per heavy atom. The molecule has 2 aromatic heterocycles. The Kier molecular flexibility index (Phi) is 1.62. The second-order valence-electron chi connectivity index (χ2n) is 2.53. The van der Waals surface area contributed by atoms with Crippen LogP contribution < -0.4 is 0 Å². The number of nitrogens with zero attached hydrogens (tertiary/aromatic N) is 4. The summed E-state index contributed by atoms with van der Waals surface area (Å²) in [5.74, 6) is 0.614. The van der Waals surface area contributed by atoms with E-state index < -0.39 is 0 Å². The molecule has 0 aliphatic heterocycles. The van der Waals surface area contributed by atoms with Gasteiger partial charge in [-0.15, -0.1) is 10.2 Å². The third-order valence-corrected chi connectivity index (χ3v) is 1.52. The van der Waals surface area contributed by atoms with Gasteiger partial charge < -0.3 is 4.42 Å². The first-order chi connectivity index (χ1) is 5.84. The van der Waals surface area contributed by atoms with E-state index in [1.165, 1.54) is 6.39 Å². The van der Waals surface area contributed by atoms with E-state index in [1.807, 2.05) is 13.2 Å². The van der Waals surface area contributed by atoms with Crippen LogP contribution in [0.15, 0.2) is 23.2 Å². The van der Waals surface area contributed by atoms with E-state index in [9.17, 15) is 0 Å². The van der Waals surface area contributed by atoms with Gasteiger partial charge in [0.15, 0.2) is 0 Å². The smallest absolute Gasteiger partial charge is 0.220 e. The molecule has 0 atom stereocenters. The van der Waals surface area contributed by atoms with Gasteiger partial charge in [-0.05, 0) is 5.56 Å². The van der Waals surface area contributed by atoms with Crippen LogP contribution in [0.4, 0.5) is 0 Å². The molecule has 5 nitrogen and oxygen atoms in total. The van der Waals surface area contributed by atoms with Crippen LogP contribution in [0.2, 0.25) is 0 Å². The van der Waals surface area contributed by atoms with Crippen LogP contribution in [0.5, 0.6) is 0 Å². The molecule has 0 aliphatic carbocycles. The maximum atomic E-state index is 4.99. The highest BCUT2D eigenvalue weighted by atomic mass is 16.4. The molecule has 12 heavy (non-hydrogen) atoms. The topological polar surface area (TPSA) is 56.7 Å². The molecule has 0 spiro atoms. The molecule has 2 rings (SSSR count). The van der Waals surface area contributed by atoms with Gasteiger partial charge in [-0.3, -0.25) is 4.68 Å². The summed E-state index contributed by atoms with van der Waals surface area (Å²) >= 11 is 0. The quantitative estimate of drug-likeness (QED) is 0.644. The average molecular weight is 164 g/mol. The van der Waals surface area contributed by atoms with Crippen LogP contribution in [0.3, 0.4) is 0 Å². The third-order valence-electron chi connectivity index (χ3n) is 1.52. The van der Waals surface area contributed by atoms with Gasteiger partial charge in [0.2, 0.25) is 12.3 Å². The largest absolute Gasteiger partial charge is 0.428 e. The number of hydrogen-bond donors (Lipinski definition) is 0. The highest BCUT2D eigenvalue weighted by Crippen LogP contribution is 2.03. The lowest BCUT2D eigenvalue weighted by atomic mass is 10.3. The third kappa shape index (κ3) is 1.34. The van der Waals surface area contributed by atoms with E-state index in [4.69, 9.17) is 4.42 Å². The Labute approximate surface area is 69.0 Å². The van der Waals surface area contributed by atoms with Crippen LogP contribution >= 0.6 is 0 Å². The van der Waals surface area contributed by atoms with Gasteiger partial charge in [-0.2, -0.15) is 5.10 Å². The first-order valence-corrected chi connectivity index (χ1v) is 3.57. The van der Waals surface area contributed by atoms with Gasteiger partial charge >= 0.3 is 0 Å². The van der Waals surface area contributed by atoms with Gasteiger partial charge in [0, 0.05) is 13.2 Å². The molecule has 0 aromatic carbocycles. The zero-order chi connectivity index (χ0) is 8.39. The lowest BCUT2D eigenvalue weighted by Crippen LogP contribution is -1.87. The van der Waals surface area contributed by atoms with Crippen molar-refractivity contribution in [2.24, 2.45) is 7.05 Å². The summed E-state index contributed by atoms with van der Waals surface area (Å²) in [4.78, 5) is 0. The Hall–Kier alpha value is -1.65. The molecule has 2 aromatic rings.